The first-order chi connectivity index (χ1) is 7.22. The third-order valence-corrected chi connectivity index (χ3v) is 1.60. The summed E-state index contributed by atoms with van der Waals surface area (Å²) in [5, 5.41) is 6.03. The quantitative estimate of drug-likeness (QED) is 0.448. The fourth-order valence-electron chi connectivity index (χ4n) is 0.819. The van der Waals surface area contributed by atoms with Crippen molar-refractivity contribution in [2.75, 3.05) is 11.9 Å². The largest absolute Gasteiger partial charge is 0.437 e. The molecule has 0 atom stereocenters. The highest BCUT2D eigenvalue weighted by Crippen LogP contribution is 2.05. The summed E-state index contributed by atoms with van der Waals surface area (Å²) in [6.45, 7) is 1.94. The number of nitrogens with zero attached hydrogens (tertiary/aromatic N) is 1. The second-order valence-corrected chi connectivity index (χ2v) is 2.90. The number of rotatable bonds is 3. The van der Waals surface area contributed by atoms with Gasteiger partial charge < -0.3 is 5.73 Å². The molecule has 0 radical (unpaired) electrons. The first kappa shape index (κ1) is 11.2. The predicted octanol–water partition coefficient (Wildman–Crippen LogP) is 1.57. The molecule has 1 rings (SSSR count). The summed E-state index contributed by atoms with van der Waals surface area (Å²) in [7, 11) is 0. The first-order valence-corrected chi connectivity index (χ1v) is 4.49. The van der Waals surface area contributed by atoms with E-state index < -0.39 is 6.09 Å². The maximum atomic E-state index is 11.2. The summed E-state index contributed by atoms with van der Waals surface area (Å²) in [4.78, 5) is 15.7. The summed E-state index contributed by atoms with van der Waals surface area (Å²) in [5.74, 6) is 0. The average Bonchev–Trinajstić information content (AvgIpc) is 2.27. The van der Waals surface area contributed by atoms with Crippen LogP contribution in [0.4, 0.5) is 10.5 Å². The fourth-order valence-corrected chi connectivity index (χ4v) is 0.819. The molecule has 80 valence electrons. The maximum absolute atomic E-state index is 11.2. The number of carbonyl (C=O) groups excluding carboxylic acids is 1. The highest BCUT2D eigenvalue weighted by Gasteiger charge is 2.01. The molecule has 0 saturated heterocycles. The lowest BCUT2D eigenvalue weighted by Gasteiger charge is -2.02. The van der Waals surface area contributed by atoms with Crippen LogP contribution in [0.15, 0.2) is 35.5 Å². The number of oxime groups is 1. The second-order valence-electron chi connectivity index (χ2n) is 2.90. The molecule has 1 amide bonds. The number of hydrogen-bond acceptors (Lipinski definition) is 4. The van der Waals surface area contributed by atoms with Crippen molar-refractivity contribution in [3.05, 3.63) is 30.3 Å². The van der Waals surface area contributed by atoms with Crippen LogP contribution < -0.4 is 11.1 Å². The minimum absolute atomic E-state index is 0.263. The average molecular weight is 207 g/mol. The number of para-hydroxylation sites is 1. The van der Waals surface area contributed by atoms with E-state index in [1.165, 1.54) is 0 Å². The lowest BCUT2D eigenvalue weighted by Crippen LogP contribution is -2.14. The molecule has 0 aromatic heterocycles. The molecular weight excluding hydrogens is 194 g/mol. The van der Waals surface area contributed by atoms with Crippen LogP contribution in [-0.4, -0.2) is 18.3 Å². The fraction of sp³-hybridized carbons (Fsp3) is 0.200. The Balaban J connectivity index is 2.44. The van der Waals surface area contributed by atoms with Gasteiger partial charge in [0.05, 0.1) is 5.71 Å². The zero-order valence-corrected chi connectivity index (χ0v) is 8.43. The molecule has 15 heavy (non-hydrogen) atoms. The monoisotopic (exact) mass is 207 g/mol. The standard InChI is InChI=1S/C10H13N3O2/c1-8(7-11)13-15-10(14)12-9-5-3-2-4-6-9/h2-6H,7,11H2,1H3,(H,12,14). The van der Waals surface area contributed by atoms with Crippen LogP contribution in [-0.2, 0) is 4.84 Å². The van der Waals surface area contributed by atoms with E-state index in [2.05, 4.69) is 15.3 Å². The van der Waals surface area contributed by atoms with Gasteiger partial charge in [-0.1, -0.05) is 23.4 Å². The third kappa shape index (κ3) is 4.24. The Morgan fingerprint density at radius 2 is 2.13 bits per heavy atom. The zero-order valence-electron chi connectivity index (χ0n) is 8.43. The number of hydrogen-bond donors (Lipinski definition) is 2. The predicted molar refractivity (Wildman–Crippen MR) is 58.7 cm³/mol. The van der Waals surface area contributed by atoms with Crippen LogP contribution in [0.2, 0.25) is 0 Å². The van der Waals surface area contributed by atoms with Crippen molar-refractivity contribution in [3.63, 3.8) is 0 Å². The van der Waals surface area contributed by atoms with Crippen molar-refractivity contribution >= 4 is 17.5 Å². The normalized spacial score (nSPS) is 10.9. The molecule has 0 bridgehead atoms. The highest BCUT2D eigenvalue weighted by atomic mass is 16.7. The van der Waals surface area contributed by atoms with Crippen molar-refractivity contribution in [1.82, 2.24) is 0 Å². The van der Waals surface area contributed by atoms with E-state index in [-0.39, 0.29) is 6.54 Å². The van der Waals surface area contributed by atoms with Crippen molar-refractivity contribution in [2.45, 2.75) is 6.92 Å². The summed E-state index contributed by atoms with van der Waals surface area (Å²) < 4.78 is 0. The second kappa shape index (κ2) is 5.77. The van der Waals surface area contributed by atoms with Crippen LogP contribution in [0.3, 0.4) is 0 Å². The van der Waals surface area contributed by atoms with Gasteiger partial charge in [-0.05, 0) is 19.1 Å². The van der Waals surface area contributed by atoms with Gasteiger partial charge in [0.2, 0.25) is 0 Å². The van der Waals surface area contributed by atoms with E-state index in [1.807, 2.05) is 18.2 Å². The molecular formula is C10H13N3O2. The first-order valence-electron chi connectivity index (χ1n) is 4.49. The van der Waals surface area contributed by atoms with E-state index in [0.717, 1.165) is 0 Å². The number of nitrogens with two attached hydrogens (primary N) is 1. The van der Waals surface area contributed by atoms with Gasteiger partial charge in [-0.15, -0.1) is 0 Å². The van der Waals surface area contributed by atoms with Crippen molar-refractivity contribution < 1.29 is 9.63 Å². The Morgan fingerprint density at radius 3 is 2.73 bits per heavy atom. The van der Waals surface area contributed by atoms with Gasteiger partial charge in [-0.3, -0.25) is 10.2 Å². The summed E-state index contributed by atoms with van der Waals surface area (Å²) in [5.41, 5.74) is 6.48. The van der Waals surface area contributed by atoms with Gasteiger partial charge >= 0.3 is 6.09 Å². The minimum Gasteiger partial charge on any atom is -0.325 e. The van der Waals surface area contributed by atoms with Gasteiger partial charge in [0.25, 0.3) is 0 Å². The molecule has 0 aliphatic rings. The van der Waals surface area contributed by atoms with Crippen LogP contribution in [0, 0.1) is 0 Å². The Bertz CT molecular complexity index is 349. The van der Waals surface area contributed by atoms with Crippen LogP contribution in [0.5, 0.6) is 0 Å². The lowest BCUT2D eigenvalue weighted by molar-refractivity contribution is 0.166. The number of anilines is 1. The molecule has 0 saturated carbocycles. The van der Waals surface area contributed by atoms with E-state index in [1.54, 1.807) is 19.1 Å². The molecule has 5 nitrogen and oxygen atoms in total. The van der Waals surface area contributed by atoms with Crippen molar-refractivity contribution in [3.8, 4) is 0 Å². The van der Waals surface area contributed by atoms with E-state index in [0.29, 0.717) is 11.4 Å². The molecule has 1 aromatic rings. The smallest absolute Gasteiger partial charge is 0.325 e. The summed E-state index contributed by atoms with van der Waals surface area (Å²) in [6, 6.07) is 8.97. The molecule has 0 spiro atoms. The summed E-state index contributed by atoms with van der Waals surface area (Å²) in [6.07, 6.45) is -0.631. The molecule has 1 aromatic carbocycles. The Kier molecular flexibility index (Phi) is 4.30. The maximum Gasteiger partial charge on any atom is 0.437 e. The van der Waals surface area contributed by atoms with Gasteiger partial charge in [0.1, 0.15) is 0 Å². The SMILES string of the molecule is CC(CN)=NOC(=O)Nc1ccccc1. The molecule has 0 unspecified atom stereocenters. The van der Waals surface area contributed by atoms with E-state index in [9.17, 15) is 4.79 Å². The number of amides is 1. The topological polar surface area (TPSA) is 76.7 Å². The Labute approximate surface area is 87.9 Å². The molecule has 5 heteroatoms. The van der Waals surface area contributed by atoms with Crippen LogP contribution in [0.25, 0.3) is 0 Å². The van der Waals surface area contributed by atoms with Gasteiger partial charge in [-0.2, -0.15) is 0 Å². The molecule has 0 heterocycles. The Morgan fingerprint density at radius 1 is 1.47 bits per heavy atom. The summed E-state index contributed by atoms with van der Waals surface area (Å²) >= 11 is 0. The van der Waals surface area contributed by atoms with Gasteiger partial charge in [0.15, 0.2) is 0 Å². The number of nitrogens with one attached hydrogen (secondary N) is 1. The molecule has 3 N–H and O–H groups in total. The highest BCUT2D eigenvalue weighted by molar-refractivity contribution is 5.87. The molecule has 0 fully saturated rings. The number of benzene rings is 1. The van der Waals surface area contributed by atoms with Crippen LogP contribution in [0.1, 0.15) is 6.92 Å². The lowest BCUT2D eigenvalue weighted by atomic mass is 10.3. The van der Waals surface area contributed by atoms with Gasteiger partial charge in [-0.25, -0.2) is 4.79 Å². The molecule has 0 aliphatic heterocycles. The van der Waals surface area contributed by atoms with Crippen LogP contribution >= 0.6 is 0 Å². The third-order valence-electron chi connectivity index (χ3n) is 1.60. The molecule has 0 aliphatic carbocycles. The number of carbonyl (C=O) groups is 1. The van der Waals surface area contributed by atoms with E-state index in [4.69, 9.17) is 5.73 Å². The Hall–Kier alpha value is -1.88. The zero-order chi connectivity index (χ0) is 11.1. The van der Waals surface area contributed by atoms with Crippen molar-refractivity contribution in [1.29, 1.82) is 0 Å². The minimum atomic E-state index is -0.631. The van der Waals surface area contributed by atoms with E-state index >= 15 is 0 Å². The van der Waals surface area contributed by atoms with Gasteiger partial charge in [0, 0.05) is 12.2 Å². The van der Waals surface area contributed by atoms with Crippen molar-refractivity contribution in [2.24, 2.45) is 10.9 Å².